The van der Waals surface area contributed by atoms with Gasteiger partial charge in [0.25, 0.3) is 0 Å². The number of nitriles is 1. The molecule has 2 nitrogen and oxygen atoms in total. The van der Waals surface area contributed by atoms with Gasteiger partial charge in [-0.2, -0.15) is 18.4 Å². The summed E-state index contributed by atoms with van der Waals surface area (Å²) in [5, 5.41) is 8.56. The van der Waals surface area contributed by atoms with Crippen LogP contribution in [0, 0.1) is 11.3 Å². The molecule has 1 aliphatic rings. The van der Waals surface area contributed by atoms with Crippen LogP contribution in [0.4, 0.5) is 13.2 Å². The van der Waals surface area contributed by atoms with Gasteiger partial charge in [-0.05, 0) is 19.3 Å². The summed E-state index contributed by atoms with van der Waals surface area (Å²) in [4.78, 5) is 1.45. The second kappa shape index (κ2) is 4.84. The largest absolute Gasteiger partial charge is 0.401 e. The molecule has 0 aromatic rings. The Morgan fingerprint density at radius 2 is 2.07 bits per heavy atom. The molecule has 0 saturated heterocycles. The molecule has 1 rings (SSSR count). The van der Waals surface area contributed by atoms with Crippen LogP contribution in [-0.2, 0) is 0 Å². The standard InChI is InChI=1S/C10H15F3N2/c1-2-8(5-6-14)15(9-3-4-9)7-10(11,12)13/h8-9H,2-5,7H2,1H3. The Labute approximate surface area is 87.7 Å². The molecule has 0 spiro atoms. The number of halogens is 3. The number of hydrogen-bond acceptors (Lipinski definition) is 2. The Morgan fingerprint density at radius 3 is 2.40 bits per heavy atom. The van der Waals surface area contributed by atoms with Crippen LogP contribution in [0.25, 0.3) is 0 Å². The van der Waals surface area contributed by atoms with Crippen LogP contribution in [0.15, 0.2) is 0 Å². The number of rotatable bonds is 5. The van der Waals surface area contributed by atoms with Crippen molar-refractivity contribution in [1.82, 2.24) is 4.90 Å². The van der Waals surface area contributed by atoms with Gasteiger partial charge in [-0.25, -0.2) is 0 Å². The highest BCUT2D eigenvalue weighted by Crippen LogP contribution is 2.33. The van der Waals surface area contributed by atoms with Crippen LogP contribution in [0.5, 0.6) is 0 Å². The van der Waals surface area contributed by atoms with Gasteiger partial charge in [0, 0.05) is 12.1 Å². The van der Waals surface area contributed by atoms with Crippen LogP contribution in [0.2, 0.25) is 0 Å². The minimum Gasteiger partial charge on any atom is -0.288 e. The molecular formula is C10H15F3N2. The first-order valence-corrected chi connectivity index (χ1v) is 5.17. The molecule has 0 aromatic carbocycles. The van der Waals surface area contributed by atoms with E-state index < -0.39 is 12.7 Å². The molecule has 0 bridgehead atoms. The molecule has 15 heavy (non-hydrogen) atoms. The maximum absolute atomic E-state index is 12.3. The first-order valence-electron chi connectivity index (χ1n) is 5.17. The molecular weight excluding hydrogens is 205 g/mol. The van der Waals surface area contributed by atoms with Gasteiger partial charge < -0.3 is 0 Å². The van der Waals surface area contributed by atoms with Crippen molar-refractivity contribution >= 4 is 0 Å². The molecule has 1 saturated carbocycles. The Bertz CT molecular complexity index is 240. The van der Waals surface area contributed by atoms with Crippen molar-refractivity contribution in [3.05, 3.63) is 0 Å². The molecule has 0 heterocycles. The van der Waals surface area contributed by atoms with Crippen molar-refractivity contribution < 1.29 is 13.2 Å². The van der Waals surface area contributed by atoms with Crippen LogP contribution in [0.1, 0.15) is 32.6 Å². The fraction of sp³-hybridized carbons (Fsp3) is 0.900. The topological polar surface area (TPSA) is 27.0 Å². The lowest BCUT2D eigenvalue weighted by atomic mass is 10.1. The summed E-state index contributed by atoms with van der Waals surface area (Å²) in [5.74, 6) is 0. The Balaban J connectivity index is 2.59. The molecule has 5 heteroatoms. The van der Waals surface area contributed by atoms with Gasteiger partial charge >= 0.3 is 6.18 Å². The van der Waals surface area contributed by atoms with Gasteiger partial charge in [-0.3, -0.25) is 4.90 Å². The fourth-order valence-corrected chi connectivity index (χ4v) is 1.77. The average Bonchev–Trinajstić information content (AvgIpc) is 2.92. The highest BCUT2D eigenvalue weighted by Gasteiger charge is 2.40. The van der Waals surface area contributed by atoms with Crippen molar-refractivity contribution in [1.29, 1.82) is 5.26 Å². The zero-order valence-corrected chi connectivity index (χ0v) is 8.72. The number of nitrogens with zero attached hydrogens (tertiary/aromatic N) is 2. The monoisotopic (exact) mass is 220 g/mol. The molecule has 0 N–H and O–H groups in total. The lowest BCUT2D eigenvalue weighted by molar-refractivity contribution is -0.152. The van der Waals surface area contributed by atoms with E-state index >= 15 is 0 Å². The zero-order chi connectivity index (χ0) is 11.5. The van der Waals surface area contributed by atoms with Gasteiger partial charge in [-0.15, -0.1) is 0 Å². The van der Waals surface area contributed by atoms with Gasteiger partial charge in [-0.1, -0.05) is 6.92 Å². The minimum atomic E-state index is -4.16. The second-order valence-corrected chi connectivity index (χ2v) is 3.94. The van der Waals surface area contributed by atoms with Crippen molar-refractivity contribution in [3.8, 4) is 6.07 Å². The van der Waals surface area contributed by atoms with Crippen LogP contribution >= 0.6 is 0 Å². The third-order valence-electron chi connectivity index (χ3n) is 2.64. The summed E-state index contributed by atoms with van der Waals surface area (Å²) in [6, 6.07) is 1.76. The van der Waals surface area contributed by atoms with Crippen molar-refractivity contribution in [2.24, 2.45) is 0 Å². The Hall–Kier alpha value is -0.760. The van der Waals surface area contributed by atoms with Gasteiger partial charge in [0.1, 0.15) is 0 Å². The fourth-order valence-electron chi connectivity index (χ4n) is 1.77. The SMILES string of the molecule is CCC(CC#N)N(CC(F)(F)F)C1CC1. The maximum atomic E-state index is 12.3. The normalized spacial score (nSPS) is 18.9. The summed E-state index contributed by atoms with van der Waals surface area (Å²) in [5.41, 5.74) is 0. The van der Waals surface area contributed by atoms with Crippen molar-refractivity contribution in [3.63, 3.8) is 0 Å². The minimum absolute atomic E-state index is 0.0462. The smallest absolute Gasteiger partial charge is 0.288 e. The molecule has 0 amide bonds. The molecule has 0 radical (unpaired) electrons. The summed E-state index contributed by atoms with van der Waals surface area (Å²) in [6.07, 6.45) is -1.72. The summed E-state index contributed by atoms with van der Waals surface area (Å²) in [6.45, 7) is 0.950. The molecule has 1 atom stereocenters. The van der Waals surface area contributed by atoms with E-state index in [2.05, 4.69) is 0 Å². The summed E-state index contributed by atoms with van der Waals surface area (Å²) < 4.78 is 36.9. The maximum Gasteiger partial charge on any atom is 0.401 e. The van der Waals surface area contributed by atoms with E-state index in [1.54, 1.807) is 0 Å². The summed E-state index contributed by atoms with van der Waals surface area (Å²) >= 11 is 0. The van der Waals surface area contributed by atoms with Gasteiger partial charge in [0.05, 0.1) is 19.0 Å². The predicted octanol–water partition coefficient (Wildman–Crippen LogP) is 2.71. The first kappa shape index (κ1) is 12.3. The van der Waals surface area contributed by atoms with E-state index in [1.165, 1.54) is 4.90 Å². The van der Waals surface area contributed by atoms with Crippen molar-refractivity contribution in [2.75, 3.05) is 6.54 Å². The number of hydrogen-bond donors (Lipinski definition) is 0. The molecule has 1 fully saturated rings. The summed E-state index contributed by atoms with van der Waals surface area (Å²) in [7, 11) is 0. The van der Waals surface area contributed by atoms with Crippen LogP contribution < -0.4 is 0 Å². The van der Waals surface area contributed by atoms with E-state index in [-0.39, 0.29) is 18.5 Å². The van der Waals surface area contributed by atoms with Gasteiger partial charge in [0.15, 0.2) is 0 Å². The van der Waals surface area contributed by atoms with E-state index in [9.17, 15) is 13.2 Å². The van der Waals surface area contributed by atoms with E-state index in [1.807, 2.05) is 13.0 Å². The lowest BCUT2D eigenvalue weighted by Gasteiger charge is -2.30. The Kier molecular flexibility index (Phi) is 3.97. The second-order valence-electron chi connectivity index (χ2n) is 3.94. The Morgan fingerprint density at radius 1 is 1.47 bits per heavy atom. The van der Waals surface area contributed by atoms with Crippen LogP contribution in [-0.4, -0.2) is 29.7 Å². The molecule has 1 unspecified atom stereocenters. The molecule has 86 valence electrons. The predicted molar refractivity (Wildman–Crippen MR) is 50.1 cm³/mol. The highest BCUT2D eigenvalue weighted by molar-refractivity contribution is 4.92. The highest BCUT2D eigenvalue weighted by atomic mass is 19.4. The number of alkyl halides is 3. The third kappa shape index (κ3) is 4.08. The molecule has 0 aromatic heterocycles. The molecule has 0 aliphatic heterocycles. The van der Waals surface area contributed by atoms with Crippen LogP contribution in [0.3, 0.4) is 0 Å². The van der Waals surface area contributed by atoms with E-state index in [0.29, 0.717) is 6.42 Å². The third-order valence-corrected chi connectivity index (χ3v) is 2.64. The first-order chi connectivity index (χ1) is 6.98. The quantitative estimate of drug-likeness (QED) is 0.712. The van der Waals surface area contributed by atoms with Crippen molar-refractivity contribution in [2.45, 2.75) is 50.9 Å². The zero-order valence-electron chi connectivity index (χ0n) is 8.72. The molecule has 1 aliphatic carbocycles. The van der Waals surface area contributed by atoms with E-state index in [4.69, 9.17) is 5.26 Å². The van der Waals surface area contributed by atoms with Gasteiger partial charge in [0.2, 0.25) is 0 Å². The van der Waals surface area contributed by atoms with E-state index in [0.717, 1.165) is 12.8 Å². The average molecular weight is 220 g/mol. The lowest BCUT2D eigenvalue weighted by Crippen LogP contribution is -2.42.